The molecule has 30 heavy (non-hydrogen) atoms. The molecule has 0 radical (unpaired) electrons. The van der Waals surface area contributed by atoms with Gasteiger partial charge in [0.15, 0.2) is 17.5 Å². The van der Waals surface area contributed by atoms with Gasteiger partial charge >= 0.3 is 10.0 Å². The first-order valence-electron chi connectivity index (χ1n) is 8.58. The van der Waals surface area contributed by atoms with Gasteiger partial charge in [-0.05, 0) is 48.2 Å². The first kappa shape index (κ1) is 20.5. The number of oxazole rings is 1. The minimum absolute atomic E-state index is 0.307. The second kappa shape index (κ2) is 8.17. The van der Waals surface area contributed by atoms with E-state index in [2.05, 4.69) is 9.97 Å². The Labute approximate surface area is 181 Å². The number of nitrogens with zero attached hydrogens (tertiary/aromatic N) is 3. The van der Waals surface area contributed by atoms with Gasteiger partial charge in [0, 0.05) is 29.5 Å². The third-order valence-electron chi connectivity index (χ3n) is 4.04. The van der Waals surface area contributed by atoms with Crippen molar-refractivity contribution in [2.45, 2.75) is 10.1 Å². The smallest absolute Gasteiger partial charge is 0.366 e. The summed E-state index contributed by atoms with van der Waals surface area (Å²) in [6, 6.07) is 12.5. The maximum Gasteiger partial charge on any atom is 0.366 e. The van der Waals surface area contributed by atoms with Crippen LogP contribution in [0.25, 0.3) is 22.7 Å². The van der Waals surface area contributed by atoms with Gasteiger partial charge in [0.1, 0.15) is 16.5 Å². The molecule has 0 saturated carbocycles. The van der Waals surface area contributed by atoms with Crippen LogP contribution in [0, 0.1) is 5.82 Å². The van der Waals surface area contributed by atoms with Crippen molar-refractivity contribution in [3.63, 3.8) is 0 Å². The molecule has 0 aliphatic heterocycles. The maximum atomic E-state index is 13.3. The highest BCUT2D eigenvalue weighted by atomic mass is 35.5. The van der Waals surface area contributed by atoms with E-state index in [1.807, 2.05) is 0 Å². The molecule has 0 aliphatic carbocycles. The second-order valence-electron chi connectivity index (χ2n) is 6.26. The van der Waals surface area contributed by atoms with Gasteiger partial charge in [-0.3, -0.25) is 0 Å². The Balaban J connectivity index is 1.78. The predicted octanol–water partition coefficient (Wildman–Crippen LogP) is 4.44. The number of benzene rings is 1. The minimum Gasteiger partial charge on any atom is -0.429 e. The molecule has 152 valence electrons. The molecule has 3 heterocycles. The summed E-state index contributed by atoms with van der Waals surface area (Å²) in [6.45, 7) is 0. The van der Waals surface area contributed by atoms with Crippen LogP contribution in [0.4, 0.5) is 4.39 Å². The highest BCUT2D eigenvalue weighted by molar-refractivity contribution is 7.99. The molecule has 0 atom stereocenters. The average Bonchev–Trinajstić information content (AvgIpc) is 3.13. The summed E-state index contributed by atoms with van der Waals surface area (Å²) < 4.78 is 43.8. The standard InChI is InChI=1S/C20H14ClFN3O3S2/c1-30(26,27)25-10-8-13(9-11-25)18-20(29-17-7-4-15(21)12-23-17)28-19(24-18)14-2-5-16(22)6-3-14/h2-12H,1H3/q+1. The molecule has 0 N–H and O–H groups in total. The lowest BCUT2D eigenvalue weighted by Crippen LogP contribution is -2.40. The van der Waals surface area contributed by atoms with E-state index in [1.54, 1.807) is 36.4 Å². The van der Waals surface area contributed by atoms with Crippen LogP contribution < -0.4 is 3.97 Å². The molecule has 1 aromatic carbocycles. The average molecular weight is 463 g/mol. The molecule has 0 spiro atoms. The van der Waals surface area contributed by atoms with E-state index in [4.69, 9.17) is 16.0 Å². The van der Waals surface area contributed by atoms with Crippen LogP contribution in [0.2, 0.25) is 5.02 Å². The lowest BCUT2D eigenvalue weighted by atomic mass is 10.2. The van der Waals surface area contributed by atoms with E-state index in [9.17, 15) is 12.8 Å². The number of hydrogen-bond donors (Lipinski definition) is 0. The highest BCUT2D eigenvalue weighted by Crippen LogP contribution is 2.38. The van der Waals surface area contributed by atoms with Gasteiger partial charge in [-0.15, -0.1) is 0 Å². The minimum atomic E-state index is -3.40. The summed E-state index contributed by atoms with van der Waals surface area (Å²) in [4.78, 5) is 8.82. The Bertz CT molecular complexity index is 1290. The monoisotopic (exact) mass is 462 g/mol. The molecule has 6 nitrogen and oxygen atoms in total. The van der Waals surface area contributed by atoms with Crippen LogP contribution in [0.5, 0.6) is 0 Å². The van der Waals surface area contributed by atoms with Crippen molar-refractivity contribution in [3.8, 4) is 22.7 Å². The zero-order valence-corrected chi connectivity index (χ0v) is 17.9. The van der Waals surface area contributed by atoms with Crippen LogP contribution in [-0.2, 0) is 10.0 Å². The summed E-state index contributed by atoms with van der Waals surface area (Å²) in [5.74, 6) is -0.0554. The summed E-state index contributed by atoms with van der Waals surface area (Å²) in [5.41, 5.74) is 1.77. The third-order valence-corrected chi connectivity index (χ3v) is 6.19. The first-order chi connectivity index (χ1) is 14.3. The van der Waals surface area contributed by atoms with Crippen molar-refractivity contribution in [1.29, 1.82) is 0 Å². The van der Waals surface area contributed by atoms with Crippen LogP contribution in [0.3, 0.4) is 0 Å². The molecule has 3 aromatic heterocycles. The van der Waals surface area contributed by atoms with E-state index in [-0.39, 0.29) is 5.82 Å². The van der Waals surface area contributed by atoms with Gasteiger partial charge in [0.2, 0.25) is 5.89 Å². The van der Waals surface area contributed by atoms with E-state index < -0.39 is 10.0 Å². The number of pyridine rings is 2. The topological polar surface area (TPSA) is 76.9 Å². The molecular weight excluding hydrogens is 449 g/mol. The van der Waals surface area contributed by atoms with Crippen molar-refractivity contribution in [3.05, 3.63) is 78.0 Å². The lowest BCUT2D eigenvalue weighted by Gasteiger charge is -2.01. The number of halogens is 2. The third kappa shape index (κ3) is 4.53. The fourth-order valence-electron chi connectivity index (χ4n) is 2.58. The molecule has 0 fully saturated rings. The molecule has 0 aliphatic rings. The first-order valence-corrected chi connectivity index (χ1v) is 11.6. The number of rotatable bonds is 5. The summed E-state index contributed by atoms with van der Waals surface area (Å²) >= 11 is 7.15. The summed E-state index contributed by atoms with van der Waals surface area (Å²) in [6.07, 6.45) is 5.51. The zero-order valence-electron chi connectivity index (χ0n) is 15.5. The van der Waals surface area contributed by atoms with Crippen molar-refractivity contribution in [2.75, 3.05) is 6.26 Å². The Morgan fingerprint density at radius 3 is 2.33 bits per heavy atom. The van der Waals surface area contributed by atoms with Gasteiger partial charge in [-0.25, -0.2) is 14.4 Å². The van der Waals surface area contributed by atoms with E-state index in [1.165, 1.54) is 42.5 Å². The maximum absolute atomic E-state index is 13.3. The summed E-state index contributed by atoms with van der Waals surface area (Å²) in [7, 11) is -3.40. The van der Waals surface area contributed by atoms with Gasteiger partial charge in [0.25, 0.3) is 0 Å². The van der Waals surface area contributed by atoms with Crippen molar-refractivity contribution in [1.82, 2.24) is 9.97 Å². The van der Waals surface area contributed by atoms with Gasteiger partial charge in [-0.1, -0.05) is 15.6 Å². The highest BCUT2D eigenvalue weighted by Gasteiger charge is 2.21. The summed E-state index contributed by atoms with van der Waals surface area (Å²) in [5, 5.41) is 1.61. The SMILES string of the molecule is CS(=O)(=O)[n+]1ccc(-c2nc(-c3ccc(F)cc3)oc2Sc2ccc(Cl)cn2)cc1. The predicted molar refractivity (Wildman–Crippen MR) is 111 cm³/mol. The van der Waals surface area contributed by atoms with Crippen LogP contribution in [0.15, 0.2) is 81.7 Å². The van der Waals surface area contributed by atoms with Crippen molar-refractivity contribution in [2.24, 2.45) is 0 Å². The molecule has 10 heteroatoms. The van der Waals surface area contributed by atoms with Crippen LogP contribution in [-0.4, -0.2) is 24.6 Å². The molecule has 0 saturated heterocycles. The van der Waals surface area contributed by atoms with Crippen LogP contribution in [0.1, 0.15) is 0 Å². The fraction of sp³-hybridized carbons (Fsp3) is 0.0500. The Morgan fingerprint density at radius 2 is 1.73 bits per heavy atom. The molecule has 0 bridgehead atoms. The lowest BCUT2D eigenvalue weighted by molar-refractivity contribution is -0.510. The fourth-order valence-corrected chi connectivity index (χ4v) is 4.07. The Hall–Kier alpha value is -2.75. The van der Waals surface area contributed by atoms with E-state index >= 15 is 0 Å². The Morgan fingerprint density at radius 1 is 1.03 bits per heavy atom. The molecule has 0 amide bonds. The van der Waals surface area contributed by atoms with Crippen LogP contribution >= 0.6 is 23.4 Å². The number of aromatic nitrogens is 3. The number of hydrogen-bond acceptors (Lipinski definition) is 6. The van der Waals surface area contributed by atoms with E-state index in [0.717, 1.165) is 10.2 Å². The Kier molecular flexibility index (Phi) is 5.59. The van der Waals surface area contributed by atoms with Gasteiger partial charge < -0.3 is 4.42 Å². The van der Waals surface area contributed by atoms with Gasteiger partial charge in [0.05, 0.1) is 11.3 Å². The molecule has 0 unspecified atom stereocenters. The van der Waals surface area contributed by atoms with Crippen molar-refractivity contribution >= 4 is 33.4 Å². The van der Waals surface area contributed by atoms with Gasteiger partial charge in [-0.2, -0.15) is 8.42 Å². The normalized spacial score (nSPS) is 11.6. The quantitative estimate of drug-likeness (QED) is 0.408. The molecule has 4 aromatic rings. The zero-order chi connectivity index (χ0) is 21.3. The van der Waals surface area contributed by atoms with Crippen molar-refractivity contribution < 1.29 is 21.2 Å². The molecule has 4 rings (SSSR count). The second-order valence-corrected chi connectivity index (χ2v) is 9.58. The largest absolute Gasteiger partial charge is 0.429 e. The van der Waals surface area contributed by atoms with E-state index in [0.29, 0.717) is 37.9 Å². The molecular formula is C20H14ClFN3O3S2+.